The lowest BCUT2D eigenvalue weighted by atomic mass is 9.65. The van der Waals surface area contributed by atoms with Crippen molar-refractivity contribution in [1.29, 1.82) is 0 Å². The molecular weight excluding hydrogens is 250 g/mol. The Morgan fingerprint density at radius 2 is 1.94 bits per heavy atom. The second-order valence-corrected chi connectivity index (χ2v) is 7.93. The summed E-state index contributed by atoms with van der Waals surface area (Å²) in [6.45, 7) is 6.31. The van der Waals surface area contributed by atoms with E-state index in [1.807, 2.05) is 7.05 Å². The molecule has 0 saturated heterocycles. The van der Waals surface area contributed by atoms with E-state index in [-0.39, 0.29) is 34.8 Å². The van der Waals surface area contributed by atoms with Crippen LogP contribution in [0.1, 0.15) is 40.0 Å². The maximum absolute atomic E-state index is 11.4. The van der Waals surface area contributed by atoms with E-state index in [2.05, 4.69) is 25.7 Å². The maximum Gasteiger partial charge on any atom is 0.0727 e. The zero-order valence-corrected chi connectivity index (χ0v) is 12.4. The van der Waals surface area contributed by atoms with Gasteiger partial charge in [0.05, 0.1) is 6.10 Å². The van der Waals surface area contributed by atoms with Gasteiger partial charge in [0, 0.05) is 16.8 Å². The number of rotatable bonds is 2. The molecule has 4 nitrogen and oxygen atoms in total. The third-order valence-corrected chi connectivity index (χ3v) is 5.94. The summed E-state index contributed by atoms with van der Waals surface area (Å²) in [6, 6.07) is -0.0274. The zero-order valence-electron chi connectivity index (χ0n) is 11.6. The largest absolute Gasteiger partial charge is 0.772 e. The van der Waals surface area contributed by atoms with Crippen molar-refractivity contribution in [3.63, 3.8) is 0 Å². The molecule has 6 atom stereocenters. The van der Waals surface area contributed by atoms with Crippen molar-refractivity contribution in [3.8, 4) is 0 Å². The molecule has 3 fully saturated rings. The van der Waals surface area contributed by atoms with E-state index in [0.29, 0.717) is 6.42 Å². The highest BCUT2D eigenvalue weighted by atomic mass is 32.2. The van der Waals surface area contributed by atoms with Crippen LogP contribution >= 0.6 is 0 Å². The van der Waals surface area contributed by atoms with Gasteiger partial charge in [-0.1, -0.05) is 11.1 Å². The van der Waals surface area contributed by atoms with Crippen LogP contribution in [0.3, 0.4) is 0 Å². The molecule has 2 bridgehead atoms. The molecule has 3 saturated carbocycles. The molecule has 3 aliphatic carbocycles. The Kier molecular flexibility index (Phi) is 3.89. The lowest BCUT2D eigenvalue weighted by molar-refractivity contribution is -0.0948. The first-order valence-electron chi connectivity index (χ1n) is 6.72. The minimum absolute atomic E-state index is 0.0274. The van der Waals surface area contributed by atoms with E-state index in [4.69, 9.17) is 0 Å². The Morgan fingerprint density at radius 1 is 1.33 bits per heavy atom. The van der Waals surface area contributed by atoms with Gasteiger partial charge in [-0.15, -0.1) is 0 Å². The van der Waals surface area contributed by atoms with Gasteiger partial charge in [-0.05, 0) is 58.9 Å². The Hall–Kier alpha value is 0.0300. The molecule has 0 aliphatic heterocycles. The van der Waals surface area contributed by atoms with Crippen LogP contribution in [0.25, 0.3) is 0 Å². The van der Waals surface area contributed by atoms with E-state index in [1.165, 1.54) is 0 Å². The molecule has 0 aromatic heterocycles. The molecule has 0 radical (unpaired) electrons. The molecule has 0 spiro atoms. The molecule has 0 aromatic carbocycles. The first-order valence-corrected chi connectivity index (χ1v) is 7.86. The number of aliphatic hydroxyl groups excluding tert-OH is 1. The predicted octanol–water partition coefficient (Wildman–Crippen LogP) is 1.12. The van der Waals surface area contributed by atoms with Crippen LogP contribution in [0.5, 0.6) is 0 Å². The van der Waals surface area contributed by atoms with Crippen molar-refractivity contribution in [2.24, 2.45) is 11.8 Å². The summed E-state index contributed by atoms with van der Waals surface area (Å²) in [5.41, 5.74) is -0.0575. The van der Waals surface area contributed by atoms with Crippen LogP contribution in [-0.4, -0.2) is 48.8 Å². The molecule has 3 aliphatic rings. The minimum Gasteiger partial charge on any atom is -0.772 e. The average Bonchev–Trinajstić information content (AvgIpc) is 2.27. The first-order chi connectivity index (χ1) is 8.23. The normalized spacial score (nSPS) is 42.3. The number of fused-ring (bicyclic) bond motifs is 3. The van der Waals surface area contributed by atoms with Gasteiger partial charge in [0.1, 0.15) is 0 Å². The average molecular weight is 274 g/mol. The molecule has 0 heterocycles. The van der Waals surface area contributed by atoms with E-state index >= 15 is 0 Å². The first kappa shape index (κ1) is 14.4. The van der Waals surface area contributed by atoms with Crippen LogP contribution in [-0.2, 0) is 11.1 Å². The molecule has 106 valence electrons. The minimum atomic E-state index is -2.02. The van der Waals surface area contributed by atoms with Crippen LogP contribution in [0, 0.1) is 11.8 Å². The highest BCUT2D eigenvalue weighted by Gasteiger charge is 2.51. The summed E-state index contributed by atoms with van der Waals surface area (Å²) < 4.78 is 22.7. The fraction of sp³-hybridized carbons (Fsp3) is 1.00. The second-order valence-electron chi connectivity index (χ2n) is 6.80. The third-order valence-electron chi connectivity index (χ3n) is 4.91. The van der Waals surface area contributed by atoms with Crippen LogP contribution in [0.15, 0.2) is 0 Å². The number of nitrogens with zero attached hydrogens (tertiary/aromatic N) is 1. The topological polar surface area (TPSA) is 63.6 Å². The summed E-state index contributed by atoms with van der Waals surface area (Å²) >= 11 is -2.02. The summed E-state index contributed by atoms with van der Waals surface area (Å²) in [7, 11) is 2.00. The summed E-state index contributed by atoms with van der Waals surface area (Å²) in [6.07, 6.45) is 2.14. The lowest BCUT2D eigenvalue weighted by Gasteiger charge is -2.56. The zero-order chi connectivity index (χ0) is 13.7. The van der Waals surface area contributed by atoms with Gasteiger partial charge in [-0.3, -0.25) is 9.11 Å². The molecule has 0 amide bonds. The van der Waals surface area contributed by atoms with Crippen molar-refractivity contribution < 1.29 is 13.9 Å². The maximum atomic E-state index is 11.4. The van der Waals surface area contributed by atoms with Crippen molar-refractivity contribution in [1.82, 2.24) is 4.90 Å². The van der Waals surface area contributed by atoms with Crippen molar-refractivity contribution in [2.75, 3.05) is 7.05 Å². The smallest absolute Gasteiger partial charge is 0.0727 e. The van der Waals surface area contributed by atoms with E-state index in [0.717, 1.165) is 12.8 Å². The van der Waals surface area contributed by atoms with Gasteiger partial charge in [0.25, 0.3) is 0 Å². The molecular formula is C13H24NO3S-. The fourth-order valence-corrected chi connectivity index (χ4v) is 4.59. The van der Waals surface area contributed by atoms with Crippen molar-refractivity contribution >= 4 is 11.1 Å². The standard InChI is InChI=1S/C13H25NO3S/c1-13(2,3)14(4)11-9-6-5-8(12(11)15)7-10(9)18(16)17/h8-12,15H,5-7H2,1-4H3,(H,16,17)/p-1. The monoisotopic (exact) mass is 274 g/mol. The summed E-state index contributed by atoms with van der Waals surface area (Å²) in [5.74, 6) is 0.222. The second kappa shape index (κ2) is 4.85. The number of hydrogen-bond acceptors (Lipinski definition) is 4. The molecule has 1 N–H and O–H groups in total. The van der Waals surface area contributed by atoms with E-state index in [1.54, 1.807) is 0 Å². The van der Waals surface area contributed by atoms with Gasteiger partial charge >= 0.3 is 0 Å². The van der Waals surface area contributed by atoms with E-state index in [9.17, 15) is 13.9 Å². The summed E-state index contributed by atoms with van der Waals surface area (Å²) in [5, 5.41) is 10.2. The van der Waals surface area contributed by atoms with Crippen LogP contribution in [0.4, 0.5) is 0 Å². The highest BCUT2D eigenvalue weighted by molar-refractivity contribution is 7.79. The Morgan fingerprint density at radius 3 is 2.44 bits per heavy atom. The third kappa shape index (κ3) is 2.38. The van der Waals surface area contributed by atoms with Gasteiger partial charge in [0.2, 0.25) is 0 Å². The van der Waals surface area contributed by atoms with Crippen molar-refractivity contribution in [3.05, 3.63) is 0 Å². The highest BCUT2D eigenvalue weighted by Crippen LogP contribution is 2.46. The quantitative estimate of drug-likeness (QED) is 0.767. The summed E-state index contributed by atoms with van der Waals surface area (Å²) in [4.78, 5) is 2.16. The van der Waals surface area contributed by atoms with Gasteiger partial charge < -0.3 is 9.66 Å². The number of hydrogen-bond donors (Lipinski definition) is 1. The van der Waals surface area contributed by atoms with Gasteiger partial charge in [-0.25, -0.2) is 0 Å². The van der Waals surface area contributed by atoms with Crippen LogP contribution < -0.4 is 0 Å². The van der Waals surface area contributed by atoms with Gasteiger partial charge in [-0.2, -0.15) is 0 Å². The number of likely N-dealkylation sites (N-methyl/N-ethyl adjacent to an activating group) is 1. The molecule has 0 aromatic rings. The van der Waals surface area contributed by atoms with Crippen LogP contribution in [0.2, 0.25) is 0 Å². The Bertz CT molecular complexity index is 342. The lowest BCUT2D eigenvalue weighted by Crippen LogP contribution is -2.64. The SMILES string of the molecule is CN(C1C(O)C2CCC1C(S(=O)[O-])C2)C(C)(C)C. The van der Waals surface area contributed by atoms with Crippen molar-refractivity contribution in [2.45, 2.75) is 63.0 Å². The molecule has 18 heavy (non-hydrogen) atoms. The van der Waals surface area contributed by atoms with E-state index < -0.39 is 11.1 Å². The molecule has 6 unspecified atom stereocenters. The fourth-order valence-electron chi connectivity index (χ4n) is 3.60. The van der Waals surface area contributed by atoms with Gasteiger partial charge in [0.15, 0.2) is 0 Å². The predicted molar refractivity (Wildman–Crippen MR) is 70.8 cm³/mol. The Labute approximate surface area is 112 Å². The number of aliphatic hydroxyl groups is 1. The molecule has 5 heteroatoms. The molecule has 3 rings (SSSR count). The Balaban J connectivity index is 2.26.